The standard InChI is InChI=1S/C20H23N7O2/c1-4-9-25-18-15(19(28)27(20(25)29)13-6-7-13)21-16(22-18)12-5-8-14-23-24-17(11(2)3)26(14)10-12/h5,8,10-11,13H,4,6-7,9H2,1-3H3,(H,21,22). The van der Waals surface area contributed by atoms with Gasteiger partial charge >= 0.3 is 5.69 Å². The second kappa shape index (κ2) is 6.40. The van der Waals surface area contributed by atoms with Crippen molar-refractivity contribution in [1.82, 2.24) is 33.7 Å². The van der Waals surface area contributed by atoms with Crippen molar-refractivity contribution in [1.29, 1.82) is 0 Å². The van der Waals surface area contributed by atoms with Crippen LogP contribution in [0, 0.1) is 0 Å². The number of fused-ring (bicyclic) bond motifs is 2. The zero-order valence-electron chi connectivity index (χ0n) is 16.7. The molecular weight excluding hydrogens is 370 g/mol. The number of H-pyrrole nitrogens is 1. The molecular formula is C20H23N7O2. The molecule has 1 aliphatic rings. The second-order valence-electron chi connectivity index (χ2n) is 7.98. The highest BCUT2D eigenvalue weighted by Crippen LogP contribution is 2.32. The van der Waals surface area contributed by atoms with Crippen LogP contribution in [0.5, 0.6) is 0 Å². The van der Waals surface area contributed by atoms with E-state index in [0.717, 1.165) is 36.3 Å². The van der Waals surface area contributed by atoms with Crippen molar-refractivity contribution in [3.63, 3.8) is 0 Å². The molecule has 0 saturated heterocycles. The summed E-state index contributed by atoms with van der Waals surface area (Å²) in [5.41, 5.74) is 1.82. The van der Waals surface area contributed by atoms with Gasteiger partial charge in [-0.15, -0.1) is 10.2 Å². The summed E-state index contributed by atoms with van der Waals surface area (Å²) in [5, 5.41) is 8.46. The van der Waals surface area contributed by atoms with Gasteiger partial charge in [0, 0.05) is 30.3 Å². The number of aryl methyl sites for hydroxylation is 1. The fourth-order valence-corrected chi connectivity index (χ4v) is 3.80. The van der Waals surface area contributed by atoms with Crippen molar-refractivity contribution in [2.45, 2.75) is 58.5 Å². The number of imidazole rings is 1. The topological polar surface area (TPSA) is 103 Å². The summed E-state index contributed by atoms with van der Waals surface area (Å²) in [7, 11) is 0. The number of rotatable bonds is 5. The zero-order chi connectivity index (χ0) is 20.3. The fourth-order valence-electron chi connectivity index (χ4n) is 3.80. The first-order chi connectivity index (χ1) is 14.0. The SMILES string of the molecule is CCCn1c(=O)n(C2CC2)c(=O)c2[nH]c(-c3ccc4nnc(C(C)C)n4c3)nc21. The lowest BCUT2D eigenvalue weighted by molar-refractivity contribution is 0.571. The highest BCUT2D eigenvalue weighted by atomic mass is 16.2. The number of nitrogens with one attached hydrogen (secondary N) is 1. The number of pyridine rings is 1. The number of aromatic amines is 1. The second-order valence-corrected chi connectivity index (χ2v) is 7.98. The number of hydrogen-bond acceptors (Lipinski definition) is 5. The predicted molar refractivity (Wildman–Crippen MR) is 109 cm³/mol. The van der Waals surface area contributed by atoms with Gasteiger partial charge < -0.3 is 4.98 Å². The summed E-state index contributed by atoms with van der Waals surface area (Å²) in [4.78, 5) is 33.8. The molecule has 4 heterocycles. The third kappa shape index (κ3) is 2.72. The van der Waals surface area contributed by atoms with Crippen molar-refractivity contribution >= 4 is 16.8 Å². The summed E-state index contributed by atoms with van der Waals surface area (Å²) in [5.74, 6) is 1.63. The molecule has 0 unspecified atom stereocenters. The first kappa shape index (κ1) is 17.8. The van der Waals surface area contributed by atoms with Crippen LogP contribution >= 0.6 is 0 Å². The van der Waals surface area contributed by atoms with E-state index in [-0.39, 0.29) is 23.2 Å². The van der Waals surface area contributed by atoms with Crippen molar-refractivity contribution < 1.29 is 0 Å². The van der Waals surface area contributed by atoms with Crippen LogP contribution in [0.3, 0.4) is 0 Å². The Hall–Kier alpha value is -3.23. The predicted octanol–water partition coefficient (Wildman–Crippen LogP) is 2.46. The average molecular weight is 393 g/mol. The Morgan fingerprint density at radius 2 is 2.00 bits per heavy atom. The lowest BCUT2D eigenvalue weighted by atomic mass is 10.2. The van der Waals surface area contributed by atoms with Crippen LogP contribution in [0.4, 0.5) is 0 Å². The van der Waals surface area contributed by atoms with Crippen LogP contribution < -0.4 is 11.2 Å². The zero-order valence-corrected chi connectivity index (χ0v) is 16.7. The molecule has 150 valence electrons. The van der Waals surface area contributed by atoms with E-state index < -0.39 is 0 Å². The minimum absolute atomic E-state index is 0.0104. The molecule has 0 radical (unpaired) electrons. The van der Waals surface area contributed by atoms with Crippen LogP contribution in [0.1, 0.15) is 57.8 Å². The van der Waals surface area contributed by atoms with Crippen molar-refractivity contribution in [3.05, 3.63) is 45.0 Å². The van der Waals surface area contributed by atoms with E-state index in [4.69, 9.17) is 0 Å². The van der Waals surface area contributed by atoms with Gasteiger partial charge in [0.05, 0.1) is 0 Å². The largest absolute Gasteiger partial charge is 0.333 e. The maximum Gasteiger partial charge on any atom is 0.333 e. The van der Waals surface area contributed by atoms with Crippen molar-refractivity contribution in [3.8, 4) is 11.4 Å². The van der Waals surface area contributed by atoms with E-state index in [9.17, 15) is 9.59 Å². The first-order valence-electron chi connectivity index (χ1n) is 10.1. The molecule has 1 fully saturated rings. The summed E-state index contributed by atoms with van der Waals surface area (Å²) in [6.45, 7) is 6.66. The third-order valence-corrected chi connectivity index (χ3v) is 5.39. The Kier molecular flexibility index (Phi) is 3.94. The van der Waals surface area contributed by atoms with E-state index in [1.807, 2.05) is 29.7 Å². The fraction of sp³-hybridized carbons (Fsp3) is 0.450. The Bertz CT molecular complexity index is 1350. The lowest BCUT2D eigenvalue weighted by Crippen LogP contribution is -2.39. The monoisotopic (exact) mass is 393 g/mol. The van der Waals surface area contributed by atoms with Gasteiger partial charge in [-0.3, -0.25) is 18.3 Å². The molecule has 1 N–H and O–H groups in total. The molecule has 0 bridgehead atoms. The van der Waals surface area contributed by atoms with Crippen LogP contribution in [0.15, 0.2) is 27.9 Å². The van der Waals surface area contributed by atoms with Crippen LogP contribution in [0.2, 0.25) is 0 Å². The minimum Gasteiger partial charge on any atom is -0.332 e. The molecule has 4 aromatic heterocycles. The molecule has 0 amide bonds. The van der Waals surface area contributed by atoms with Gasteiger partial charge in [0.1, 0.15) is 17.2 Å². The quantitative estimate of drug-likeness (QED) is 0.561. The van der Waals surface area contributed by atoms with Crippen LogP contribution in [-0.4, -0.2) is 33.7 Å². The Morgan fingerprint density at radius 3 is 2.69 bits per heavy atom. The minimum atomic E-state index is -0.285. The average Bonchev–Trinajstić information content (AvgIpc) is 3.27. The summed E-state index contributed by atoms with van der Waals surface area (Å²) in [6, 6.07) is 3.78. The van der Waals surface area contributed by atoms with E-state index in [0.29, 0.717) is 23.5 Å². The van der Waals surface area contributed by atoms with Gasteiger partial charge in [0.2, 0.25) is 0 Å². The van der Waals surface area contributed by atoms with E-state index >= 15 is 0 Å². The van der Waals surface area contributed by atoms with Crippen molar-refractivity contribution in [2.75, 3.05) is 0 Å². The molecule has 1 saturated carbocycles. The normalized spacial score (nSPS) is 14.5. The Labute approximate surface area is 166 Å². The van der Waals surface area contributed by atoms with Gasteiger partial charge in [-0.05, 0) is 31.4 Å². The van der Waals surface area contributed by atoms with Crippen molar-refractivity contribution in [2.24, 2.45) is 0 Å². The molecule has 1 aliphatic carbocycles. The summed E-state index contributed by atoms with van der Waals surface area (Å²) < 4.78 is 4.94. The van der Waals surface area contributed by atoms with Gasteiger partial charge in [0.15, 0.2) is 11.3 Å². The smallest absolute Gasteiger partial charge is 0.332 e. The van der Waals surface area contributed by atoms with E-state index in [1.165, 1.54) is 4.57 Å². The van der Waals surface area contributed by atoms with Gasteiger partial charge in [0.25, 0.3) is 5.56 Å². The Balaban J connectivity index is 1.74. The Morgan fingerprint density at radius 1 is 1.21 bits per heavy atom. The molecule has 9 heteroatoms. The highest BCUT2D eigenvalue weighted by molar-refractivity contribution is 5.75. The van der Waals surface area contributed by atoms with E-state index in [1.54, 1.807) is 4.57 Å². The number of hydrogen-bond donors (Lipinski definition) is 1. The number of nitrogens with zero attached hydrogens (tertiary/aromatic N) is 6. The number of aromatic nitrogens is 7. The molecule has 29 heavy (non-hydrogen) atoms. The lowest BCUT2D eigenvalue weighted by Gasteiger charge is -2.09. The molecule has 0 aliphatic heterocycles. The van der Waals surface area contributed by atoms with Gasteiger partial charge in [-0.1, -0.05) is 20.8 Å². The van der Waals surface area contributed by atoms with E-state index in [2.05, 4.69) is 34.0 Å². The first-order valence-corrected chi connectivity index (χ1v) is 10.1. The van der Waals surface area contributed by atoms with Crippen LogP contribution in [-0.2, 0) is 6.54 Å². The molecule has 0 aromatic carbocycles. The third-order valence-electron chi connectivity index (χ3n) is 5.39. The molecule has 0 spiro atoms. The highest BCUT2D eigenvalue weighted by Gasteiger charge is 2.30. The molecule has 9 nitrogen and oxygen atoms in total. The van der Waals surface area contributed by atoms with Gasteiger partial charge in [-0.25, -0.2) is 9.78 Å². The molecule has 5 rings (SSSR count). The summed E-state index contributed by atoms with van der Waals surface area (Å²) >= 11 is 0. The summed E-state index contributed by atoms with van der Waals surface area (Å²) in [6.07, 6.45) is 4.45. The van der Waals surface area contributed by atoms with Gasteiger partial charge in [-0.2, -0.15) is 0 Å². The maximum atomic E-state index is 13.0. The molecule has 0 atom stereocenters. The molecule has 4 aromatic rings. The van der Waals surface area contributed by atoms with Crippen LogP contribution in [0.25, 0.3) is 28.2 Å². The maximum absolute atomic E-state index is 13.0.